The van der Waals surface area contributed by atoms with Crippen LogP contribution in [0.25, 0.3) is 0 Å². The lowest BCUT2D eigenvalue weighted by Gasteiger charge is -2.42. The van der Waals surface area contributed by atoms with Crippen LogP contribution < -0.4 is 0 Å². The minimum Gasteiger partial charge on any atom is -0.347 e. The molecule has 0 bridgehead atoms. The minimum atomic E-state index is 0.0323. The molecule has 0 saturated carbocycles. The van der Waals surface area contributed by atoms with Crippen molar-refractivity contribution in [2.24, 2.45) is 11.8 Å². The number of hydrogen-bond acceptors (Lipinski definition) is 3. The van der Waals surface area contributed by atoms with Gasteiger partial charge in [-0.15, -0.1) is 0 Å². The van der Waals surface area contributed by atoms with E-state index in [0.717, 1.165) is 32.7 Å². The first kappa shape index (κ1) is 16.4. The summed E-state index contributed by atoms with van der Waals surface area (Å²) in [7, 11) is 3.72. The second-order valence-corrected chi connectivity index (χ2v) is 6.79. The highest BCUT2D eigenvalue weighted by molar-refractivity contribution is 5.81. The average molecular weight is 269 g/mol. The molecule has 0 spiro atoms. The summed E-state index contributed by atoms with van der Waals surface area (Å²) in [6.45, 7) is 14.0. The smallest absolute Gasteiger partial charge is 0.240 e. The maximum Gasteiger partial charge on any atom is 0.240 e. The zero-order valence-electron chi connectivity index (χ0n) is 13.5. The van der Waals surface area contributed by atoms with Gasteiger partial charge in [-0.1, -0.05) is 27.7 Å². The summed E-state index contributed by atoms with van der Waals surface area (Å²) >= 11 is 0. The number of likely N-dealkylation sites (N-methyl/N-ethyl adjacent to an activating group) is 1. The van der Waals surface area contributed by atoms with E-state index in [1.54, 1.807) is 4.90 Å². The highest BCUT2D eigenvalue weighted by Gasteiger charge is 2.33. The van der Waals surface area contributed by atoms with E-state index in [1.807, 2.05) is 14.1 Å². The van der Waals surface area contributed by atoms with Crippen LogP contribution in [0, 0.1) is 11.8 Å². The van der Waals surface area contributed by atoms with Crippen LogP contribution in [-0.2, 0) is 4.79 Å². The third kappa shape index (κ3) is 5.11. The molecule has 0 aromatic rings. The standard InChI is InChI=1S/C15H31N3O/c1-12(2)9-17-7-8-18(10-13(3)4)14(11-17)15(19)16(5)6/h12-14H,7-11H2,1-6H3/t14-/m0/s1. The Labute approximate surface area is 118 Å². The van der Waals surface area contributed by atoms with E-state index in [0.29, 0.717) is 11.8 Å². The van der Waals surface area contributed by atoms with Gasteiger partial charge >= 0.3 is 0 Å². The van der Waals surface area contributed by atoms with Gasteiger partial charge < -0.3 is 4.90 Å². The second-order valence-electron chi connectivity index (χ2n) is 6.79. The summed E-state index contributed by atoms with van der Waals surface area (Å²) in [6, 6.07) is 0.0323. The van der Waals surface area contributed by atoms with Gasteiger partial charge in [0.2, 0.25) is 5.91 Å². The number of nitrogens with zero attached hydrogens (tertiary/aromatic N) is 3. The number of hydrogen-bond donors (Lipinski definition) is 0. The molecule has 0 aromatic carbocycles. The van der Waals surface area contributed by atoms with Crippen molar-refractivity contribution in [1.29, 1.82) is 0 Å². The Hall–Kier alpha value is -0.610. The molecule has 4 nitrogen and oxygen atoms in total. The Morgan fingerprint density at radius 1 is 1.11 bits per heavy atom. The highest BCUT2D eigenvalue weighted by Crippen LogP contribution is 2.15. The predicted molar refractivity (Wildman–Crippen MR) is 80.2 cm³/mol. The molecule has 1 saturated heterocycles. The average Bonchev–Trinajstić information content (AvgIpc) is 2.28. The predicted octanol–water partition coefficient (Wildman–Crippen LogP) is 1.37. The molecular weight excluding hydrogens is 238 g/mol. The van der Waals surface area contributed by atoms with E-state index in [2.05, 4.69) is 37.5 Å². The Kier molecular flexibility index (Phi) is 6.27. The van der Waals surface area contributed by atoms with Gasteiger partial charge in [-0.3, -0.25) is 14.6 Å². The van der Waals surface area contributed by atoms with Gasteiger partial charge in [0.05, 0.1) is 0 Å². The van der Waals surface area contributed by atoms with Gasteiger partial charge in [0, 0.05) is 46.8 Å². The van der Waals surface area contributed by atoms with Crippen molar-refractivity contribution in [3.8, 4) is 0 Å². The number of piperazine rings is 1. The molecule has 0 N–H and O–H groups in total. The van der Waals surface area contributed by atoms with Crippen molar-refractivity contribution in [3.05, 3.63) is 0 Å². The van der Waals surface area contributed by atoms with Crippen molar-refractivity contribution in [1.82, 2.24) is 14.7 Å². The van der Waals surface area contributed by atoms with Crippen molar-refractivity contribution in [2.75, 3.05) is 46.8 Å². The molecule has 0 aliphatic carbocycles. The number of rotatable bonds is 5. The monoisotopic (exact) mass is 269 g/mol. The van der Waals surface area contributed by atoms with E-state index >= 15 is 0 Å². The third-order valence-electron chi connectivity index (χ3n) is 3.52. The molecule has 1 fully saturated rings. The van der Waals surface area contributed by atoms with Crippen LogP contribution in [0.2, 0.25) is 0 Å². The fourth-order valence-corrected chi connectivity index (χ4v) is 2.78. The van der Waals surface area contributed by atoms with Gasteiger partial charge in [0.25, 0.3) is 0 Å². The first-order chi connectivity index (χ1) is 8.81. The summed E-state index contributed by atoms with van der Waals surface area (Å²) in [5.41, 5.74) is 0. The van der Waals surface area contributed by atoms with E-state index in [1.165, 1.54) is 0 Å². The maximum absolute atomic E-state index is 12.4. The molecule has 1 heterocycles. The van der Waals surface area contributed by atoms with Crippen LogP contribution in [0.15, 0.2) is 0 Å². The summed E-state index contributed by atoms with van der Waals surface area (Å²) in [5, 5.41) is 0. The lowest BCUT2D eigenvalue weighted by molar-refractivity contribution is -0.137. The third-order valence-corrected chi connectivity index (χ3v) is 3.52. The number of carbonyl (C=O) groups excluding carboxylic acids is 1. The van der Waals surface area contributed by atoms with Crippen LogP contribution in [-0.4, -0.2) is 73.5 Å². The van der Waals surface area contributed by atoms with Gasteiger partial charge in [-0.2, -0.15) is 0 Å². The van der Waals surface area contributed by atoms with Crippen molar-refractivity contribution in [2.45, 2.75) is 33.7 Å². The Bertz CT molecular complexity index is 289. The number of amides is 1. The van der Waals surface area contributed by atoms with Crippen LogP contribution in [0.4, 0.5) is 0 Å². The molecule has 19 heavy (non-hydrogen) atoms. The molecular formula is C15H31N3O. The molecule has 0 radical (unpaired) electrons. The minimum absolute atomic E-state index is 0.0323. The SMILES string of the molecule is CC(C)CN1CCN(CC(C)C)[C@H](C(=O)N(C)C)C1. The summed E-state index contributed by atoms with van der Waals surface area (Å²) in [4.78, 5) is 18.9. The van der Waals surface area contributed by atoms with Gasteiger partial charge in [-0.25, -0.2) is 0 Å². The largest absolute Gasteiger partial charge is 0.347 e. The van der Waals surface area contributed by atoms with Crippen LogP contribution in [0.3, 0.4) is 0 Å². The molecule has 0 unspecified atom stereocenters. The van der Waals surface area contributed by atoms with Gasteiger partial charge in [0.1, 0.15) is 6.04 Å². The van der Waals surface area contributed by atoms with E-state index in [4.69, 9.17) is 0 Å². The first-order valence-corrected chi connectivity index (χ1v) is 7.48. The molecule has 1 amide bonds. The molecule has 1 aliphatic rings. The van der Waals surface area contributed by atoms with Crippen LogP contribution in [0.1, 0.15) is 27.7 Å². The van der Waals surface area contributed by atoms with Crippen LogP contribution >= 0.6 is 0 Å². The van der Waals surface area contributed by atoms with Crippen molar-refractivity contribution >= 4 is 5.91 Å². The summed E-state index contributed by atoms with van der Waals surface area (Å²) < 4.78 is 0. The van der Waals surface area contributed by atoms with Crippen molar-refractivity contribution in [3.63, 3.8) is 0 Å². The Morgan fingerprint density at radius 3 is 2.16 bits per heavy atom. The molecule has 0 aromatic heterocycles. The van der Waals surface area contributed by atoms with E-state index in [9.17, 15) is 4.79 Å². The normalized spacial score (nSPS) is 22.2. The first-order valence-electron chi connectivity index (χ1n) is 7.48. The fourth-order valence-electron chi connectivity index (χ4n) is 2.78. The topological polar surface area (TPSA) is 26.8 Å². The zero-order chi connectivity index (χ0) is 14.6. The maximum atomic E-state index is 12.4. The van der Waals surface area contributed by atoms with Gasteiger partial charge in [-0.05, 0) is 11.8 Å². The second kappa shape index (κ2) is 7.25. The lowest BCUT2D eigenvalue weighted by Crippen LogP contribution is -2.59. The Balaban J connectivity index is 2.71. The quantitative estimate of drug-likeness (QED) is 0.754. The van der Waals surface area contributed by atoms with Crippen molar-refractivity contribution < 1.29 is 4.79 Å². The van der Waals surface area contributed by atoms with Gasteiger partial charge in [0.15, 0.2) is 0 Å². The molecule has 4 heteroatoms. The summed E-state index contributed by atoms with van der Waals surface area (Å²) in [5.74, 6) is 1.51. The molecule has 112 valence electrons. The van der Waals surface area contributed by atoms with E-state index in [-0.39, 0.29) is 11.9 Å². The summed E-state index contributed by atoms with van der Waals surface area (Å²) in [6.07, 6.45) is 0. The zero-order valence-corrected chi connectivity index (χ0v) is 13.5. The molecule has 1 aliphatic heterocycles. The molecule has 1 rings (SSSR count). The lowest BCUT2D eigenvalue weighted by atomic mass is 10.1. The highest BCUT2D eigenvalue weighted by atomic mass is 16.2. The molecule has 1 atom stereocenters. The van der Waals surface area contributed by atoms with E-state index < -0.39 is 0 Å². The van der Waals surface area contributed by atoms with Crippen LogP contribution in [0.5, 0.6) is 0 Å². The number of carbonyl (C=O) groups is 1. The Morgan fingerprint density at radius 2 is 1.68 bits per heavy atom. The fraction of sp³-hybridized carbons (Fsp3) is 0.933.